The van der Waals surface area contributed by atoms with Crippen LogP contribution in [0.3, 0.4) is 0 Å². The van der Waals surface area contributed by atoms with Gasteiger partial charge >= 0.3 is 0 Å². The first-order valence-electron chi connectivity index (χ1n) is 14.4. The number of benzene rings is 4. The van der Waals surface area contributed by atoms with Crippen molar-refractivity contribution in [2.24, 2.45) is 0 Å². The first-order valence-corrected chi connectivity index (χ1v) is 17.0. The van der Waals surface area contributed by atoms with Gasteiger partial charge in [-0.25, -0.2) is 8.42 Å². The van der Waals surface area contributed by atoms with Crippen LogP contribution in [0.15, 0.2) is 108 Å². The SMILES string of the molecule is CC[C@H](C)NC(=O)[C@@H](Cc1ccccc1)N(Cc1ccccc1Cl)C(=O)CN(c1cccc(Cl)c1Cl)S(=O)(=O)c1ccccc1. The van der Waals surface area contributed by atoms with Crippen molar-refractivity contribution in [3.8, 4) is 0 Å². The van der Waals surface area contributed by atoms with Crippen LogP contribution in [0.25, 0.3) is 0 Å². The molecule has 4 aromatic rings. The second kappa shape index (κ2) is 15.6. The van der Waals surface area contributed by atoms with Gasteiger partial charge in [0.2, 0.25) is 11.8 Å². The first kappa shape index (κ1) is 34.3. The molecule has 0 saturated heterocycles. The predicted molar refractivity (Wildman–Crippen MR) is 181 cm³/mol. The molecule has 0 fully saturated rings. The van der Waals surface area contributed by atoms with Gasteiger partial charge in [0, 0.05) is 24.0 Å². The number of nitrogens with zero attached hydrogens (tertiary/aromatic N) is 2. The Morgan fingerprint density at radius 1 is 0.800 bits per heavy atom. The van der Waals surface area contributed by atoms with Crippen LogP contribution in [0.5, 0.6) is 0 Å². The Morgan fingerprint density at radius 2 is 1.40 bits per heavy atom. The van der Waals surface area contributed by atoms with Gasteiger partial charge in [0.15, 0.2) is 0 Å². The standard InChI is InChI=1S/C34H34Cl3N3O4S/c1-3-24(2)38-34(42)31(21-25-13-6-4-7-14-25)39(22-26-15-10-11-18-28(26)35)32(41)23-40(30-20-12-19-29(36)33(30)37)45(43,44)27-16-8-5-9-17-27/h4-20,24,31H,3,21-23H2,1-2H3,(H,38,42)/t24-,31+/m0/s1. The van der Waals surface area contributed by atoms with Crippen LogP contribution in [0.1, 0.15) is 31.4 Å². The highest BCUT2D eigenvalue weighted by Gasteiger charge is 2.36. The Morgan fingerprint density at radius 3 is 2.04 bits per heavy atom. The van der Waals surface area contributed by atoms with Crippen molar-refractivity contribution in [3.63, 3.8) is 0 Å². The van der Waals surface area contributed by atoms with Crippen molar-refractivity contribution in [2.45, 2.75) is 50.2 Å². The molecule has 2 amide bonds. The molecule has 0 saturated carbocycles. The van der Waals surface area contributed by atoms with Gasteiger partial charge in [0.25, 0.3) is 10.0 Å². The highest BCUT2D eigenvalue weighted by Crippen LogP contribution is 2.35. The first-order chi connectivity index (χ1) is 21.5. The lowest BCUT2D eigenvalue weighted by Crippen LogP contribution is -2.54. The number of amides is 2. The summed E-state index contributed by atoms with van der Waals surface area (Å²) in [6, 6.07) is 27.5. The molecule has 0 bridgehead atoms. The van der Waals surface area contributed by atoms with Gasteiger partial charge in [-0.05, 0) is 54.8 Å². The largest absolute Gasteiger partial charge is 0.352 e. The lowest BCUT2D eigenvalue weighted by atomic mass is 10.0. The van der Waals surface area contributed by atoms with Crippen LogP contribution in [-0.2, 0) is 32.6 Å². The number of sulfonamides is 1. The van der Waals surface area contributed by atoms with Crippen LogP contribution in [0.4, 0.5) is 5.69 Å². The lowest BCUT2D eigenvalue weighted by molar-refractivity contribution is -0.140. The number of carbonyl (C=O) groups excluding carboxylic acids is 2. The van der Waals surface area contributed by atoms with E-state index in [1.165, 1.54) is 29.2 Å². The van der Waals surface area contributed by atoms with Crippen molar-refractivity contribution in [2.75, 3.05) is 10.8 Å². The molecule has 0 aliphatic heterocycles. The van der Waals surface area contributed by atoms with Gasteiger partial charge in [-0.2, -0.15) is 0 Å². The monoisotopic (exact) mass is 685 g/mol. The van der Waals surface area contributed by atoms with Gasteiger partial charge in [0.1, 0.15) is 12.6 Å². The molecule has 236 valence electrons. The van der Waals surface area contributed by atoms with Gasteiger partial charge < -0.3 is 10.2 Å². The van der Waals surface area contributed by atoms with Crippen molar-refractivity contribution in [1.29, 1.82) is 0 Å². The zero-order valence-electron chi connectivity index (χ0n) is 24.9. The second-order valence-electron chi connectivity index (χ2n) is 10.5. The molecule has 0 aromatic heterocycles. The summed E-state index contributed by atoms with van der Waals surface area (Å²) in [5.41, 5.74) is 1.45. The molecule has 0 aliphatic carbocycles. The molecule has 7 nitrogen and oxygen atoms in total. The van der Waals surface area contributed by atoms with E-state index in [4.69, 9.17) is 34.8 Å². The topological polar surface area (TPSA) is 86.8 Å². The molecular formula is C34H34Cl3N3O4S. The third-order valence-electron chi connectivity index (χ3n) is 7.38. The average molecular weight is 687 g/mol. The zero-order valence-corrected chi connectivity index (χ0v) is 28.0. The van der Waals surface area contributed by atoms with Crippen molar-refractivity contribution in [1.82, 2.24) is 10.2 Å². The minimum atomic E-state index is -4.31. The average Bonchev–Trinajstić information content (AvgIpc) is 3.04. The van der Waals surface area contributed by atoms with E-state index in [-0.39, 0.29) is 45.5 Å². The van der Waals surface area contributed by atoms with Crippen LogP contribution in [-0.4, -0.2) is 43.8 Å². The lowest BCUT2D eigenvalue weighted by Gasteiger charge is -2.34. The number of carbonyl (C=O) groups is 2. The van der Waals surface area contributed by atoms with Gasteiger partial charge in [-0.1, -0.05) is 115 Å². The molecule has 4 rings (SSSR count). The van der Waals surface area contributed by atoms with E-state index in [2.05, 4.69) is 5.32 Å². The number of halogens is 3. The van der Waals surface area contributed by atoms with E-state index in [9.17, 15) is 18.0 Å². The summed E-state index contributed by atoms with van der Waals surface area (Å²) < 4.78 is 29.1. The van der Waals surface area contributed by atoms with Gasteiger partial charge in [-0.3, -0.25) is 13.9 Å². The van der Waals surface area contributed by atoms with E-state index in [0.717, 1.165) is 9.87 Å². The summed E-state index contributed by atoms with van der Waals surface area (Å²) >= 11 is 19.4. The molecule has 0 aliphatic rings. The third kappa shape index (κ3) is 8.58. The predicted octanol–water partition coefficient (Wildman–Crippen LogP) is 7.40. The van der Waals surface area contributed by atoms with Crippen molar-refractivity contribution >= 4 is 62.3 Å². The summed E-state index contributed by atoms with van der Waals surface area (Å²) in [5, 5.41) is 3.51. The highest BCUT2D eigenvalue weighted by molar-refractivity contribution is 7.92. The smallest absolute Gasteiger partial charge is 0.264 e. The normalized spacial score (nSPS) is 12.6. The molecule has 4 aromatic carbocycles. The van der Waals surface area contributed by atoms with Crippen LogP contribution >= 0.6 is 34.8 Å². The Hall–Kier alpha value is -3.56. The molecule has 0 unspecified atom stereocenters. The van der Waals surface area contributed by atoms with Gasteiger partial charge in [-0.15, -0.1) is 0 Å². The molecule has 0 spiro atoms. The Labute approximate surface area is 279 Å². The molecule has 45 heavy (non-hydrogen) atoms. The summed E-state index contributed by atoms with van der Waals surface area (Å²) in [6.07, 6.45) is 0.862. The van der Waals surface area contributed by atoms with Crippen molar-refractivity contribution in [3.05, 3.63) is 129 Å². The molecular weight excluding hydrogens is 653 g/mol. The molecule has 1 N–H and O–H groups in total. The number of anilines is 1. The number of hydrogen-bond donors (Lipinski definition) is 1. The molecule has 0 radical (unpaired) electrons. The minimum Gasteiger partial charge on any atom is -0.352 e. The Bertz CT molecular complexity index is 1720. The van der Waals surface area contributed by atoms with Crippen LogP contribution < -0.4 is 9.62 Å². The van der Waals surface area contributed by atoms with E-state index in [1.54, 1.807) is 48.5 Å². The summed E-state index contributed by atoms with van der Waals surface area (Å²) in [6.45, 7) is 3.12. The number of nitrogens with one attached hydrogen (secondary N) is 1. The molecule has 11 heteroatoms. The number of rotatable bonds is 13. The highest BCUT2D eigenvalue weighted by atomic mass is 35.5. The van der Waals surface area contributed by atoms with E-state index in [0.29, 0.717) is 17.0 Å². The molecule has 2 atom stereocenters. The van der Waals surface area contributed by atoms with Crippen LogP contribution in [0, 0.1) is 0 Å². The maximum atomic E-state index is 14.5. The fourth-order valence-electron chi connectivity index (χ4n) is 4.72. The van der Waals surface area contributed by atoms with Crippen LogP contribution in [0.2, 0.25) is 15.1 Å². The Balaban J connectivity index is 1.84. The van der Waals surface area contributed by atoms with E-state index in [1.807, 2.05) is 44.2 Å². The van der Waals surface area contributed by atoms with Crippen molar-refractivity contribution < 1.29 is 18.0 Å². The second-order valence-corrected chi connectivity index (χ2v) is 13.6. The maximum absolute atomic E-state index is 14.5. The fourth-order valence-corrected chi connectivity index (χ4v) is 6.81. The fraction of sp³-hybridized carbons (Fsp3) is 0.235. The number of hydrogen-bond acceptors (Lipinski definition) is 4. The van der Waals surface area contributed by atoms with E-state index < -0.39 is 28.5 Å². The summed E-state index contributed by atoms with van der Waals surface area (Å²) in [4.78, 5) is 29.8. The maximum Gasteiger partial charge on any atom is 0.264 e. The minimum absolute atomic E-state index is 0.0283. The summed E-state index contributed by atoms with van der Waals surface area (Å²) in [5.74, 6) is -1.00. The van der Waals surface area contributed by atoms with Gasteiger partial charge in [0.05, 0.1) is 20.6 Å². The zero-order chi connectivity index (χ0) is 32.6. The quantitative estimate of drug-likeness (QED) is 0.159. The Kier molecular flexibility index (Phi) is 11.9. The third-order valence-corrected chi connectivity index (χ3v) is 10.3. The molecule has 0 heterocycles. The van der Waals surface area contributed by atoms with E-state index >= 15 is 0 Å². The summed E-state index contributed by atoms with van der Waals surface area (Å²) in [7, 11) is -4.31.